The Kier molecular flexibility index (Phi) is 5.21. The zero-order valence-corrected chi connectivity index (χ0v) is 16.4. The number of nitrogens with one attached hydrogen (secondary N) is 1. The summed E-state index contributed by atoms with van der Waals surface area (Å²) in [6.45, 7) is 2.69. The molecule has 1 N–H and O–H groups in total. The van der Waals surface area contributed by atoms with Crippen molar-refractivity contribution in [1.29, 1.82) is 0 Å². The first-order valence-electron chi connectivity index (χ1n) is 9.68. The predicted octanol–water partition coefficient (Wildman–Crippen LogP) is 5.88. The molecule has 1 aromatic heterocycles. The van der Waals surface area contributed by atoms with Crippen LogP contribution in [0.3, 0.4) is 0 Å². The number of halogens is 1. The van der Waals surface area contributed by atoms with Gasteiger partial charge in [0.2, 0.25) is 5.78 Å². The number of carbonyl (C=O) groups excluding carboxylic acids is 1. The second-order valence-corrected chi connectivity index (χ2v) is 6.94. The van der Waals surface area contributed by atoms with Crippen LogP contribution in [-0.2, 0) is 0 Å². The van der Waals surface area contributed by atoms with Crippen molar-refractivity contribution in [2.75, 3.05) is 13.7 Å². The highest BCUT2D eigenvalue weighted by Gasteiger charge is 2.17. The largest absolute Gasteiger partial charge is 0.493 e. The van der Waals surface area contributed by atoms with Gasteiger partial charge in [-0.05, 0) is 42.1 Å². The molecule has 148 valence electrons. The number of ketones is 1. The first kappa shape index (κ1) is 19.0. The van der Waals surface area contributed by atoms with Gasteiger partial charge in [-0.3, -0.25) is 4.79 Å². The zero-order chi connectivity index (χ0) is 20.4. The molecule has 4 rings (SSSR count). The number of carbonyl (C=O) groups is 1. The molecule has 0 bridgehead atoms. The van der Waals surface area contributed by atoms with Gasteiger partial charge in [-0.1, -0.05) is 37.6 Å². The molecule has 0 atom stereocenters. The fourth-order valence-corrected chi connectivity index (χ4v) is 3.47. The molecule has 0 saturated heterocycles. The van der Waals surface area contributed by atoms with E-state index in [9.17, 15) is 9.18 Å². The van der Waals surface area contributed by atoms with Crippen molar-refractivity contribution in [2.45, 2.75) is 19.8 Å². The molecule has 0 amide bonds. The van der Waals surface area contributed by atoms with Crippen LogP contribution in [0.2, 0.25) is 0 Å². The van der Waals surface area contributed by atoms with Gasteiger partial charge < -0.3 is 14.5 Å². The van der Waals surface area contributed by atoms with E-state index >= 15 is 0 Å². The van der Waals surface area contributed by atoms with Gasteiger partial charge in [-0.2, -0.15) is 0 Å². The number of benzene rings is 3. The Morgan fingerprint density at radius 2 is 1.79 bits per heavy atom. The van der Waals surface area contributed by atoms with Crippen LogP contribution in [0.5, 0.6) is 11.5 Å². The molecule has 1 heterocycles. The summed E-state index contributed by atoms with van der Waals surface area (Å²) in [5, 5.41) is 2.13. The average molecular weight is 391 g/mol. The van der Waals surface area contributed by atoms with E-state index in [1.165, 1.54) is 6.07 Å². The first-order chi connectivity index (χ1) is 14.1. The number of H-pyrrole nitrogens is 1. The Hall–Kier alpha value is -3.34. The number of unbranched alkanes of at least 4 members (excludes halogenated alkanes) is 1. The molecule has 3 aromatic carbocycles. The Morgan fingerprint density at radius 1 is 1.00 bits per heavy atom. The van der Waals surface area contributed by atoms with E-state index < -0.39 is 0 Å². The van der Waals surface area contributed by atoms with E-state index in [1.54, 1.807) is 43.5 Å². The maximum atomic E-state index is 14.4. The van der Waals surface area contributed by atoms with Crippen molar-refractivity contribution in [3.63, 3.8) is 0 Å². The highest BCUT2D eigenvalue weighted by Crippen LogP contribution is 2.31. The Labute approximate surface area is 168 Å². The number of methoxy groups -OCH3 is 1. The maximum absolute atomic E-state index is 14.4. The lowest BCUT2D eigenvalue weighted by molar-refractivity contribution is 0.103. The van der Waals surface area contributed by atoms with E-state index in [4.69, 9.17) is 9.47 Å². The maximum Gasteiger partial charge on any atom is 0.209 e. The van der Waals surface area contributed by atoms with Crippen molar-refractivity contribution < 1.29 is 18.7 Å². The van der Waals surface area contributed by atoms with Crippen LogP contribution >= 0.6 is 0 Å². The van der Waals surface area contributed by atoms with Gasteiger partial charge >= 0.3 is 0 Å². The third-order valence-electron chi connectivity index (χ3n) is 5.02. The Morgan fingerprint density at radius 3 is 2.55 bits per heavy atom. The molecule has 5 heteroatoms. The second-order valence-electron chi connectivity index (χ2n) is 6.94. The molecule has 0 fully saturated rings. The molecule has 0 aliphatic rings. The molecule has 0 unspecified atom stereocenters. The van der Waals surface area contributed by atoms with Gasteiger partial charge in [0.15, 0.2) is 11.5 Å². The van der Waals surface area contributed by atoms with Crippen LogP contribution in [0.4, 0.5) is 4.39 Å². The predicted molar refractivity (Wildman–Crippen MR) is 113 cm³/mol. The summed E-state index contributed by atoms with van der Waals surface area (Å²) in [5.41, 5.74) is 1.47. The molecule has 4 nitrogen and oxygen atoms in total. The van der Waals surface area contributed by atoms with Crippen LogP contribution in [0, 0.1) is 5.82 Å². The minimum absolute atomic E-state index is 0.191. The van der Waals surface area contributed by atoms with Gasteiger partial charge in [0.05, 0.1) is 19.4 Å². The van der Waals surface area contributed by atoms with E-state index in [-0.39, 0.29) is 11.6 Å². The summed E-state index contributed by atoms with van der Waals surface area (Å²) < 4.78 is 25.5. The van der Waals surface area contributed by atoms with E-state index in [1.807, 2.05) is 12.1 Å². The topological polar surface area (TPSA) is 51.3 Å². The molecule has 0 aliphatic carbocycles. The lowest BCUT2D eigenvalue weighted by Gasteiger charge is -2.11. The Balaban J connectivity index is 1.71. The monoisotopic (exact) mass is 391 g/mol. The molecule has 0 aliphatic heterocycles. The molecule has 29 heavy (non-hydrogen) atoms. The van der Waals surface area contributed by atoms with Gasteiger partial charge in [0, 0.05) is 21.9 Å². The number of fused-ring (bicyclic) bond motifs is 3. The van der Waals surface area contributed by atoms with Crippen LogP contribution < -0.4 is 9.47 Å². The minimum atomic E-state index is -0.316. The van der Waals surface area contributed by atoms with Crippen molar-refractivity contribution in [3.05, 3.63) is 71.7 Å². The third-order valence-corrected chi connectivity index (χ3v) is 5.02. The minimum Gasteiger partial charge on any atom is -0.493 e. The molecular weight excluding hydrogens is 369 g/mol. The molecule has 0 spiro atoms. The lowest BCUT2D eigenvalue weighted by Crippen LogP contribution is -2.04. The standard InChI is InChI=1S/C24H22FNO3/c1-3-4-11-29-22-10-9-15(12-23(22)28-2)24(27)21-13-18-16-7-5-6-8-17(16)19(25)14-20(18)26-21/h5-10,12-14,26H,3-4,11H2,1-2H3. The summed E-state index contributed by atoms with van der Waals surface area (Å²) in [4.78, 5) is 16.1. The highest BCUT2D eigenvalue weighted by atomic mass is 19.1. The van der Waals surface area contributed by atoms with Crippen LogP contribution in [0.1, 0.15) is 35.8 Å². The number of rotatable bonds is 7. The molecule has 0 saturated carbocycles. The molecule has 0 radical (unpaired) electrons. The van der Waals surface area contributed by atoms with Crippen molar-refractivity contribution >= 4 is 27.5 Å². The fraction of sp³-hybridized carbons (Fsp3) is 0.208. The van der Waals surface area contributed by atoms with Gasteiger partial charge in [0.1, 0.15) is 5.82 Å². The van der Waals surface area contributed by atoms with E-state index in [0.29, 0.717) is 40.3 Å². The first-order valence-corrected chi connectivity index (χ1v) is 9.68. The van der Waals surface area contributed by atoms with Gasteiger partial charge in [0.25, 0.3) is 0 Å². The third kappa shape index (κ3) is 3.56. The quantitative estimate of drug-likeness (QED) is 0.316. The van der Waals surface area contributed by atoms with Crippen molar-refractivity contribution in [1.82, 2.24) is 4.98 Å². The number of aromatic amines is 1. The highest BCUT2D eigenvalue weighted by molar-refractivity contribution is 6.14. The number of ether oxygens (including phenoxy) is 2. The normalized spacial score (nSPS) is 11.1. The zero-order valence-electron chi connectivity index (χ0n) is 16.4. The summed E-state index contributed by atoms with van der Waals surface area (Å²) in [6.07, 6.45) is 1.98. The van der Waals surface area contributed by atoms with E-state index in [2.05, 4.69) is 11.9 Å². The molecule has 4 aromatic rings. The fourth-order valence-electron chi connectivity index (χ4n) is 3.47. The summed E-state index contributed by atoms with van der Waals surface area (Å²) in [5.74, 6) is 0.620. The van der Waals surface area contributed by atoms with Crippen LogP contribution in [0.25, 0.3) is 21.7 Å². The van der Waals surface area contributed by atoms with E-state index in [0.717, 1.165) is 23.6 Å². The summed E-state index contributed by atoms with van der Waals surface area (Å²) in [7, 11) is 1.55. The van der Waals surface area contributed by atoms with Crippen molar-refractivity contribution in [2.24, 2.45) is 0 Å². The van der Waals surface area contributed by atoms with Gasteiger partial charge in [-0.25, -0.2) is 4.39 Å². The van der Waals surface area contributed by atoms with Gasteiger partial charge in [-0.15, -0.1) is 0 Å². The van der Waals surface area contributed by atoms with Crippen molar-refractivity contribution in [3.8, 4) is 11.5 Å². The Bertz CT molecular complexity index is 1200. The lowest BCUT2D eigenvalue weighted by atomic mass is 10.0. The van der Waals surface area contributed by atoms with Crippen LogP contribution in [0.15, 0.2) is 54.6 Å². The number of hydrogen-bond acceptors (Lipinski definition) is 3. The number of aromatic nitrogens is 1. The second kappa shape index (κ2) is 7.95. The van der Waals surface area contributed by atoms with Crippen LogP contribution in [-0.4, -0.2) is 24.5 Å². The summed E-state index contributed by atoms with van der Waals surface area (Å²) >= 11 is 0. The number of hydrogen-bond donors (Lipinski definition) is 1. The average Bonchev–Trinajstić information content (AvgIpc) is 3.18. The summed E-state index contributed by atoms with van der Waals surface area (Å²) in [6, 6.07) is 15.6. The molecular formula is C24H22FNO3. The SMILES string of the molecule is CCCCOc1ccc(C(=O)c2cc3c(cc(F)c4ccccc43)[nH]2)cc1OC. The smallest absolute Gasteiger partial charge is 0.209 e.